The Kier molecular flexibility index (Phi) is 3.63. The van der Waals surface area contributed by atoms with Gasteiger partial charge in [-0.15, -0.1) is 0 Å². The molecular weight excluding hydrogens is 226 g/mol. The first-order valence-electron chi connectivity index (χ1n) is 5.63. The Morgan fingerprint density at radius 3 is 2.67 bits per heavy atom. The van der Waals surface area contributed by atoms with E-state index < -0.39 is 0 Å². The van der Waals surface area contributed by atoms with Gasteiger partial charge in [-0.1, -0.05) is 18.2 Å². The summed E-state index contributed by atoms with van der Waals surface area (Å²) < 4.78 is 5.19. The minimum Gasteiger partial charge on any atom is -0.497 e. The Morgan fingerprint density at radius 2 is 2.06 bits per heavy atom. The molecule has 91 valence electrons. The highest BCUT2D eigenvalue weighted by atomic mass is 16.5. The molecule has 0 heterocycles. The molecule has 0 atom stereocenters. The number of hydrogen-bond donors (Lipinski definition) is 1. The van der Waals surface area contributed by atoms with Crippen LogP contribution in [0.5, 0.6) is 5.75 Å². The molecule has 1 N–H and O–H groups in total. The highest BCUT2D eigenvalue weighted by molar-refractivity contribution is 5.88. The minimum atomic E-state index is -0.0969. The third-order valence-electron chi connectivity index (χ3n) is 2.53. The monoisotopic (exact) mass is 240 g/mol. The summed E-state index contributed by atoms with van der Waals surface area (Å²) in [6, 6.07) is 16.5. The molecular formula is C15H14NO2. The summed E-state index contributed by atoms with van der Waals surface area (Å²) >= 11 is 0. The number of nitrogens with one attached hydrogen (secondary N) is 1. The van der Waals surface area contributed by atoms with Crippen LogP contribution in [0.1, 0.15) is 6.92 Å². The van der Waals surface area contributed by atoms with Crippen LogP contribution in [-0.2, 0) is 4.79 Å². The van der Waals surface area contributed by atoms with Crippen molar-refractivity contribution in [1.82, 2.24) is 0 Å². The van der Waals surface area contributed by atoms with Crippen LogP contribution < -0.4 is 10.1 Å². The summed E-state index contributed by atoms with van der Waals surface area (Å²) in [5.41, 5.74) is 2.76. The largest absolute Gasteiger partial charge is 0.497 e. The normalized spacial score (nSPS) is 9.89. The summed E-state index contributed by atoms with van der Waals surface area (Å²) in [5, 5.41) is 2.69. The fraction of sp³-hybridized carbons (Fsp3) is 0.133. The lowest BCUT2D eigenvalue weighted by Crippen LogP contribution is -2.05. The smallest absolute Gasteiger partial charge is 0.221 e. The van der Waals surface area contributed by atoms with Crippen molar-refractivity contribution in [1.29, 1.82) is 0 Å². The second kappa shape index (κ2) is 5.36. The second-order valence-corrected chi connectivity index (χ2v) is 3.90. The SMILES string of the molecule is COc1cccc(-c2c[c]c(NC(C)=O)cc2)c1. The Morgan fingerprint density at radius 1 is 1.22 bits per heavy atom. The van der Waals surface area contributed by atoms with E-state index in [0.717, 1.165) is 16.9 Å². The van der Waals surface area contributed by atoms with Crippen molar-refractivity contribution in [3.63, 3.8) is 0 Å². The first kappa shape index (κ1) is 12.2. The van der Waals surface area contributed by atoms with E-state index in [2.05, 4.69) is 11.4 Å². The van der Waals surface area contributed by atoms with E-state index in [1.807, 2.05) is 42.5 Å². The van der Waals surface area contributed by atoms with Crippen LogP contribution in [0.15, 0.2) is 42.5 Å². The predicted molar refractivity (Wildman–Crippen MR) is 71.6 cm³/mol. The lowest BCUT2D eigenvalue weighted by atomic mass is 10.1. The van der Waals surface area contributed by atoms with E-state index in [9.17, 15) is 4.79 Å². The highest BCUT2D eigenvalue weighted by Gasteiger charge is 2.01. The molecule has 2 aromatic rings. The molecule has 0 spiro atoms. The maximum Gasteiger partial charge on any atom is 0.221 e. The number of benzene rings is 2. The molecule has 1 radical (unpaired) electrons. The fourth-order valence-electron chi connectivity index (χ4n) is 1.67. The predicted octanol–water partition coefficient (Wildman–Crippen LogP) is 3.12. The molecule has 2 aromatic carbocycles. The zero-order chi connectivity index (χ0) is 13.0. The van der Waals surface area contributed by atoms with E-state index in [4.69, 9.17) is 4.74 Å². The van der Waals surface area contributed by atoms with Crippen LogP contribution in [0.2, 0.25) is 0 Å². The molecule has 0 unspecified atom stereocenters. The third-order valence-corrected chi connectivity index (χ3v) is 2.53. The number of hydrogen-bond acceptors (Lipinski definition) is 2. The Hall–Kier alpha value is -2.29. The summed E-state index contributed by atoms with van der Waals surface area (Å²) in [5.74, 6) is 0.721. The number of amides is 1. The Labute approximate surface area is 106 Å². The molecule has 3 heteroatoms. The van der Waals surface area contributed by atoms with Gasteiger partial charge in [0.05, 0.1) is 7.11 Å². The van der Waals surface area contributed by atoms with E-state index in [1.165, 1.54) is 6.92 Å². The molecule has 0 aliphatic carbocycles. The first-order valence-corrected chi connectivity index (χ1v) is 5.63. The summed E-state index contributed by atoms with van der Waals surface area (Å²) in [6.07, 6.45) is 0. The van der Waals surface area contributed by atoms with Crippen molar-refractivity contribution < 1.29 is 9.53 Å². The quantitative estimate of drug-likeness (QED) is 0.895. The van der Waals surface area contributed by atoms with Crippen molar-refractivity contribution >= 4 is 11.6 Å². The van der Waals surface area contributed by atoms with Crippen LogP contribution in [0, 0.1) is 6.07 Å². The minimum absolute atomic E-state index is 0.0969. The highest BCUT2D eigenvalue weighted by Crippen LogP contribution is 2.24. The van der Waals surface area contributed by atoms with Crippen LogP contribution in [0.25, 0.3) is 11.1 Å². The molecule has 0 saturated heterocycles. The molecule has 0 saturated carbocycles. The van der Waals surface area contributed by atoms with Gasteiger partial charge in [0.15, 0.2) is 0 Å². The molecule has 1 amide bonds. The van der Waals surface area contributed by atoms with Gasteiger partial charge in [-0.25, -0.2) is 0 Å². The van der Waals surface area contributed by atoms with Gasteiger partial charge in [-0.05, 0) is 35.4 Å². The Bertz CT molecular complexity index is 547. The van der Waals surface area contributed by atoms with E-state index in [-0.39, 0.29) is 5.91 Å². The first-order chi connectivity index (χ1) is 8.69. The van der Waals surface area contributed by atoms with Gasteiger partial charge in [-0.3, -0.25) is 4.79 Å². The van der Waals surface area contributed by atoms with Crippen LogP contribution >= 0.6 is 0 Å². The lowest BCUT2D eigenvalue weighted by Gasteiger charge is -2.06. The van der Waals surface area contributed by atoms with Crippen LogP contribution in [0.4, 0.5) is 5.69 Å². The molecule has 3 nitrogen and oxygen atoms in total. The maximum absolute atomic E-state index is 10.9. The van der Waals surface area contributed by atoms with Gasteiger partial charge in [0.1, 0.15) is 5.75 Å². The average Bonchev–Trinajstić information content (AvgIpc) is 2.39. The van der Waals surface area contributed by atoms with Crippen LogP contribution in [0.3, 0.4) is 0 Å². The summed E-state index contributed by atoms with van der Waals surface area (Å²) in [7, 11) is 1.64. The van der Waals surface area contributed by atoms with Crippen molar-refractivity contribution in [2.24, 2.45) is 0 Å². The van der Waals surface area contributed by atoms with E-state index >= 15 is 0 Å². The average molecular weight is 240 g/mol. The Balaban J connectivity index is 2.25. The maximum atomic E-state index is 10.9. The van der Waals surface area contributed by atoms with Crippen LogP contribution in [-0.4, -0.2) is 13.0 Å². The molecule has 0 aliphatic heterocycles. The van der Waals surface area contributed by atoms with E-state index in [1.54, 1.807) is 7.11 Å². The topological polar surface area (TPSA) is 38.3 Å². The van der Waals surface area contributed by atoms with Gasteiger partial charge >= 0.3 is 0 Å². The van der Waals surface area contributed by atoms with E-state index in [0.29, 0.717) is 5.69 Å². The van der Waals surface area contributed by atoms with Crippen molar-refractivity contribution in [2.75, 3.05) is 12.4 Å². The molecule has 18 heavy (non-hydrogen) atoms. The zero-order valence-corrected chi connectivity index (χ0v) is 10.4. The van der Waals surface area contributed by atoms with Crippen molar-refractivity contribution in [3.05, 3.63) is 48.5 Å². The molecule has 0 bridgehead atoms. The summed E-state index contributed by atoms with van der Waals surface area (Å²) in [6.45, 7) is 1.48. The van der Waals surface area contributed by atoms with Crippen molar-refractivity contribution in [3.8, 4) is 16.9 Å². The second-order valence-electron chi connectivity index (χ2n) is 3.90. The number of carbonyl (C=O) groups is 1. The summed E-state index contributed by atoms with van der Waals surface area (Å²) in [4.78, 5) is 10.9. The fourth-order valence-corrected chi connectivity index (χ4v) is 1.67. The molecule has 0 aromatic heterocycles. The van der Waals surface area contributed by atoms with Gasteiger partial charge in [0.25, 0.3) is 0 Å². The number of methoxy groups -OCH3 is 1. The van der Waals surface area contributed by atoms with Crippen molar-refractivity contribution in [2.45, 2.75) is 6.92 Å². The van der Waals surface area contributed by atoms with Gasteiger partial charge in [-0.2, -0.15) is 0 Å². The molecule has 0 fully saturated rings. The standard InChI is InChI=1S/C15H14NO2/c1-11(17)16-14-8-6-12(7-9-14)13-4-3-5-15(10-13)18-2/h3-8,10H,1-2H3,(H,16,17). The number of ether oxygens (including phenoxy) is 1. The van der Waals surface area contributed by atoms with Gasteiger partial charge in [0, 0.05) is 18.7 Å². The van der Waals surface area contributed by atoms with Gasteiger partial charge in [0.2, 0.25) is 5.91 Å². The van der Waals surface area contributed by atoms with Gasteiger partial charge < -0.3 is 10.1 Å². The number of rotatable bonds is 3. The lowest BCUT2D eigenvalue weighted by molar-refractivity contribution is -0.114. The third kappa shape index (κ3) is 2.88. The molecule has 2 rings (SSSR count). The number of anilines is 1. The molecule has 0 aliphatic rings. The zero-order valence-electron chi connectivity index (χ0n) is 10.4. The number of carbonyl (C=O) groups excluding carboxylic acids is 1.